The van der Waals surface area contributed by atoms with Crippen LogP contribution in [0, 0.1) is 12.8 Å². The molecule has 0 aliphatic carbocycles. The summed E-state index contributed by atoms with van der Waals surface area (Å²) in [5.74, 6) is -0.994. The summed E-state index contributed by atoms with van der Waals surface area (Å²) in [6.07, 6.45) is 1.62. The lowest BCUT2D eigenvalue weighted by Gasteiger charge is -2.14. The van der Waals surface area contributed by atoms with E-state index in [1.165, 1.54) is 6.26 Å². The topological polar surface area (TPSA) is 88.8 Å². The second-order valence-electron chi connectivity index (χ2n) is 6.23. The maximum atomic E-state index is 12.2. The standard InChI is InChI=1S/C19H20N2O5/c1-13-5-2-3-7-16(13)20-17(22)12-26-19(24)14-9-18(23)21(10-14)11-15-6-4-8-25-15/h2-8,14H,9-12H2,1H3,(H,20,22)/t14-/m1/s1. The molecule has 0 spiro atoms. The van der Waals surface area contributed by atoms with E-state index < -0.39 is 17.8 Å². The van der Waals surface area contributed by atoms with Crippen molar-refractivity contribution < 1.29 is 23.5 Å². The van der Waals surface area contributed by atoms with E-state index in [0.29, 0.717) is 18.0 Å². The Labute approximate surface area is 150 Å². The van der Waals surface area contributed by atoms with Crippen molar-refractivity contribution >= 4 is 23.5 Å². The zero-order valence-electron chi connectivity index (χ0n) is 14.4. The first-order valence-electron chi connectivity index (χ1n) is 8.35. The Kier molecular flexibility index (Phi) is 5.36. The van der Waals surface area contributed by atoms with E-state index in [1.54, 1.807) is 23.1 Å². The van der Waals surface area contributed by atoms with E-state index in [-0.39, 0.29) is 25.5 Å². The zero-order valence-corrected chi connectivity index (χ0v) is 14.4. The van der Waals surface area contributed by atoms with Gasteiger partial charge in [0, 0.05) is 18.7 Å². The van der Waals surface area contributed by atoms with Crippen LogP contribution >= 0.6 is 0 Å². The number of aryl methyl sites for hydroxylation is 1. The Morgan fingerprint density at radius 1 is 1.27 bits per heavy atom. The number of furan rings is 1. The second-order valence-corrected chi connectivity index (χ2v) is 6.23. The maximum absolute atomic E-state index is 12.2. The molecule has 0 saturated carbocycles. The molecule has 1 aliphatic heterocycles. The third-order valence-corrected chi connectivity index (χ3v) is 4.24. The highest BCUT2D eigenvalue weighted by Crippen LogP contribution is 2.21. The van der Waals surface area contributed by atoms with Gasteiger partial charge in [-0.2, -0.15) is 0 Å². The fourth-order valence-corrected chi connectivity index (χ4v) is 2.83. The maximum Gasteiger partial charge on any atom is 0.311 e. The highest BCUT2D eigenvalue weighted by atomic mass is 16.5. The minimum absolute atomic E-state index is 0.0823. The molecule has 7 nitrogen and oxygen atoms in total. The first kappa shape index (κ1) is 17.7. The number of esters is 1. The number of anilines is 1. The molecular weight excluding hydrogens is 336 g/mol. The van der Waals surface area contributed by atoms with Crippen LogP contribution in [0.4, 0.5) is 5.69 Å². The highest BCUT2D eigenvalue weighted by Gasteiger charge is 2.35. The molecule has 1 fully saturated rings. The van der Waals surface area contributed by atoms with Gasteiger partial charge in [0.1, 0.15) is 5.76 Å². The van der Waals surface area contributed by atoms with Crippen LogP contribution in [0.1, 0.15) is 17.7 Å². The van der Waals surface area contributed by atoms with E-state index in [2.05, 4.69) is 5.32 Å². The van der Waals surface area contributed by atoms with Gasteiger partial charge in [0.2, 0.25) is 5.91 Å². The monoisotopic (exact) mass is 356 g/mol. The number of hydrogen-bond acceptors (Lipinski definition) is 5. The van der Waals surface area contributed by atoms with E-state index in [0.717, 1.165) is 5.56 Å². The summed E-state index contributed by atoms with van der Waals surface area (Å²) in [6, 6.07) is 10.9. The Balaban J connectivity index is 1.47. The van der Waals surface area contributed by atoms with Crippen LogP contribution in [0.2, 0.25) is 0 Å². The predicted octanol–water partition coefficient (Wildman–Crippen LogP) is 2.12. The van der Waals surface area contributed by atoms with Crippen LogP contribution < -0.4 is 5.32 Å². The molecule has 2 amide bonds. The van der Waals surface area contributed by atoms with Crippen LogP contribution in [0.25, 0.3) is 0 Å². The molecule has 2 heterocycles. The number of rotatable bonds is 6. The largest absolute Gasteiger partial charge is 0.467 e. The summed E-state index contributed by atoms with van der Waals surface area (Å²) in [5.41, 5.74) is 1.59. The van der Waals surface area contributed by atoms with Gasteiger partial charge in [-0.25, -0.2) is 0 Å². The lowest BCUT2D eigenvalue weighted by atomic mass is 10.1. The van der Waals surface area contributed by atoms with Gasteiger partial charge in [-0.3, -0.25) is 14.4 Å². The molecule has 1 atom stereocenters. The van der Waals surface area contributed by atoms with E-state index in [9.17, 15) is 14.4 Å². The number of hydrogen-bond donors (Lipinski definition) is 1. The summed E-state index contributed by atoms with van der Waals surface area (Å²) in [6.45, 7) is 2.08. The summed E-state index contributed by atoms with van der Waals surface area (Å²) in [4.78, 5) is 37.7. The summed E-state index contributed by atoms with van der Waals surface area (Å²) in [5, 5.41) is 2.70. The average Bonchev–Trinajstić information content (AvgIpc) is 3.25. The van der Waals surface area contributed by atoms with Crippen molar-refractivity contribution in [3.63, 3.8) is 0 Å². The molecule has 0 bridgehead atoms. The molecule has 3 rings (SSSR count). The van der Waals surface area contributed by atoms with E-state index in [4.69, 9.17) is 9.15 Å². The van der Waals surface area contributed by atoms with Gasteiger partial charge < -0.3 is 19.4 Å². The molecule has 26 heavy (non-hydrogen) atoms. The highest BCUT2D eigenvalue weighted by molar-refractivity contribution is 5.94. The van der Waals surface area contributed by atoms with Crippen molar-refractivity contribution in [2.75, 3.05) is 18.5 Å². The molecular formula is C19H20N2O5. The van der Waals surface area contributed by atoms with Crippen molar-refractivity contribution in [1.29, 1.82) is 0 Å². The van der Waals surface area contributed by atoms with Gasteiger partial charge in [-0.15, -0.1) is 0 Å². The number of para-hydroxylation sites is 1. The molecule has 7 heteroatoms. The molecule has 1 saturated heterocycles. The van der Waals surface area contributed by atoms with Gasteiger partial charge in [0.25, 0.3) is 5.91 Å². The number of carbonyl (C=O) groups excluding carboxylic acids is 3. The predicted molar refractivity (Wildman–Crippen MR) is 93.0 cm³/mol. The molecule has 1 aromatic heterocycles. The summed E-state index contributed by atoms with van der Waals surface area (Å²) >= 11 is 0. The number of ether oxygens (including phenoxy) is 1. The smallest absolute Gasteiger partial charge is 0.311 e. The number of amides is 2. The van der Waals surface area contributed by atoms with E-state index >= 15 is 0 Å². The SMILES string of the molecule is Cc1ccccc1NC(=O)COC(=O)[C@@H]1CC(=O)N(Cc2ccco2)C1. The Hall–Kier alpha value is -3.09. The second kappa shape index (κ2) is 7.86. The first-order chi connectivity index (χ1) is 12.5. The summed E-state index contributed by atoms with van der Waals surface area (Å²) in [7, 11) is 0. The third-order valence-electron chi connectivity index (χ3n) is 4.24. The number of carbonyl (C=O) groups is 3. The minimum atomic E-state index is -0.566. The molecule has 136 valence electrons. The van der Waals surface area contributed by atoms with Crippen LogP contribution in [0.3, 0.4) is 0 Å². The number of nitrogens with zero attached hydrogens (tertiary/aromatic N) is 1. The van der Waals surface area contributed by atoms with Crippen molar-refractivity contribution in [3.05, 3.63) is 54.0 Å². The number of likely N-dealkylation sites (tertiary alicyclic amines) is 1. The zero-order chi connectivity index (χ0) is 18.5. The Morgan fingerprint density at radius 2 is 2.08 bits per heavy atom. The molecule has 1 aliphatic rings. The molecule has 1 N–H and O–H groups in total. The lowest BCUT2D eigenvalue weighted by Crippen LogP contribution is -2.28. The molecule has 0 radical (unpaired) electrons. The van der Waals surface area contributed by atoms with Crippen LogP contribution in [-0.4, -0.2) is 35.8 Å². The van der Waals surface area contributed by atoms with Crippen molar-refractivity contribution in [3.8, 4) is 0 Å². The normalized spacial score (nSPS) is 16.6. The first-order valence-corrected chi connectivity index (χ1v) is 8.35. The van der Waals surface area contributed by atoms with Gasteiger partial charge >= 0.3 is 5.97 Å². The lowest BCUT2D eigenvalue weighted by molar-refractivity contribution is -0.151. The van der Waals surface area contributed by atoms with Gasteiger partial charge in [-0.05, 0) is 30.7 Å². The Bertz CT molecular complexity index is 800. The summed E-state index contributed by atoms with van der Waals surface area (Å²) < 4.78 is 10.3. The molecule has 2 aromatic rings. The molecule has 1 aromatic carbocycles. The van der Waals surface area contributed by atoms with Crippen LogP contribution in [-0.2, 0) is 25.7 Å². The average molecular weight is 356 g/mol. The number of benzene rings is 1. The van der Waals surface area contributed by atoms with Crippen molar-refractivity contribution in [1.82, 2.24) is 4.90 Å². The van der Waals surface area contributed by atoms with Crippen molar-refractivity contribution in [2.45, 2.75) is 19.9 Å². The van der Waals surface area contributed by atoms with Gasteiger partial charge in [0.15, 0.2) is 6.61 Å². The third kappa shape index (κ3) is 4.30. The quantitative estimate of drug-likeness (QED) is 0.801. The fourth-order valence-electron chi connectivity index (χ4n) is 2.83. The van der Waals surface area contributed by atoms with E-state index in [1.807, 2.05) is 25.1 Å². The van der Waals surface area contributed by atoms with Crippen LogP contribution in [0.15, 0.2) is 47.1 Å². The van der Waals surface area contributed by atoms with Gasteiger partial charge in [0.05, 0.1) is 18.7 Å². The number of nitrogens with one attached hydrogen (secondary N) is 1. The fraction of sp³-hybridized carbons (Fsp3) is 0.316. The van der Waals surface area contributed by atoms with Gasteiger partial charge in [-0.1, -0.05) is 18.2 Å². The molecule has 0 unspecified atom stereocenters. The van der Waals surface area contributed by atoms with Crippen LogP contribution in [0.5, 0.6) is 0 Å². The van der Waals surface area contributed by atoms with Crippen molar-refractivity contribution in [2.24, 2.45) is 5.92 Å². The Morgan fingerprint density at radius 3 is 2.81 bits per heavy atom. The minimum Gasteiger partial charge on any atom is -0.467 e.